The molecule has 112 valence electrons. The Balaban J connectivity index is 3.31. The molecule has 1 rings (SSSR count). The number of alkyl halides is 2. The molecule has 1 aromatic rings. The van der Waals surface area contributed by atoms with Crippen molar-refractivity contribution >= 4 is 21.4 Å². The van der Waals surface area contributed by atoms with Gasteiger partial charge in [0, 0.05) is 6.07 Å². The highest BCUT2D eigenvalue weighted by molar-refractivity contribution is 7.89. The van der Waals surface area contributed by atoms with E-state index >= 15 is 0 Å². The molecule has 0 aliphatic rings. The minimum Gasteiger partial charge on any atom is -0.318 e. The van der Waals surface area contributed by atoms with Gasteiger partial charge in [0.15, 0.2) is 0 Å². The van der Waals surface area contributed by atoms with Gasteiger partial charge in [0.1, 0.15) is 5.69 Å². The second-order valence-electron chi connectivity index (χ2n) is 3.78. The molecule has 0 aromatic heterocycles. The quantitative estimate of drug-likeness (QED) is 0.404. The average Bonchev–Trinajstić information content (AvgIpc) is 2.35. The standard InChI is InChI=1S/C9H12F2N4O4S/c1-5-2-6(14-12)7(15(16)17)3-8(5)20(18,19)13-4-9(10)11/h2-3,9,13-14H,4,12H2,1H3. The average molecular weight is 310 g/mol. The number of nitrogens with one attached hydrogen (secondary N) is 2. The summed E-state index contributed by atoms with van der Waals surface area (Å²) in [6, 6.07) is 1.91. The Morgan fingerprint density at radius 2 is 2.05 bits per heavy atom. The van der Waals surface area contributed by atoms with Crippen LogP contribution in [0.15, 0.2) is 17.0 Å². The molecule has 0 fully saturated rings. The van der Waals surface area contributed by atoms with Crippen LogP contribution in [0, 0.1) is 17.0 Å². The summed E-state index contributed by atoms with van der Waals surface area (Å²) in [4.78, 5) is 9.52. The highest BCUT2D eigenvalue weighted by Gasteiger charge is 2.24. The first-order valence-corrected chi connectivity index (χ1v) is 6.71. The number of aryl methyl sites for hydroxylation is 1. The van der Waals surface area contributed by atoms with Crippen LogP contribution < -0.4 is 16.0 Å². The minimum atomic E-state index is -4.27. The Hall–Kier alpha value is -1.85. The Kier molecular flexibility index (Phi) is 4.92. The number of benzene rings is 1. The molecule has 0 spiro atoms. The first-order valence-electron chi connectivity index (χ1n) is 5.22. The van der Waals surface area contributed by atoms with E-state index in [1.54, 1.807) is 4.72 Å². The van der Waals surface area contributed by atoms with Crippen molar-refractivity contribution in [1.29, 1.82) is 0 Å². The normalized spacial score (nSPS) is 11.7. The van der Waals surface area contributed by atoms with E-state index in [-0.39, 0.29) is 11.3 Å². The van der Waals surface area contributed by atoms with Gasteiger partial charge in [0.2, 0.25) is 10.0 Å². The molecule has 0 aliphatic carbocycles. The third-order valence-corrected chi connectivity index (χ3v) is 3.93. The van der Waals surface area contributed by atoms with E-state index in [9.17, 15) is 27.3 Å². The number of nitro benzene ring substituents is 1. The molecule has 0 bridgehead atoms. The Bertz CT molecular complexity index is 621. The number of nitrogens with two attached hydrogens (primary N) is 1. The topological polar surface area (TPSA) is 127 Å². The van der Waals surface area contributed by atoms with Crippen molar-refractivity contribution in [3.8, 4) is 0 Å². The van der Waals surface area contributed by atoms with Crippen LogP contribution >= 0.6 is 0 Å². The summed E-state index contributed by atoms with van der Waals surface area (Å²) in [6.07, 6.45) is -2.87. The van der Waals surface area contributed by atoms with Crippen molar-refractivity contribution in [3.63, 3.8) is 0 Å². The molecule has 8 nitrogen and oxygen atoms in total. The number of nitrogens with zero attached hydrogens (tertiary/aromatic N) is 1. The number of rotatable bonds is 6. The van der Waals surface area contributed by atoms with Crippen molar-refractivity contribution < 1.29 is 22.1 Å². The fraction of sp³-hybridized carbons (Fsp3) is 0.333. The summed E-state index contributed by atoms with van der Waals surface area (Å²) in [5.74, 6) is 5.10. The molecule has 0 radical (unpaired) electrons. The summed E-state index contributed by atoms with van der Waals surface area (Å²) in [5.41, 5.74) is 1.54. The van der Waals surface area contributed by atoms with Crippen LogP contribution in [0.5, 0.6) is 0 Å². The lowest BCUT2D eigenvalue weighted by atomic mass is 10.2. The van der Waals surface area contributed by atoms with E-state index in [2.05, 4.69) is 5.43 Å². The number of hydrazine groups is 1. The number of anilines is 1. The number of halogens is 2. The second kappa shape index (κ2) is 6.07. The first kappa shape index (κ1) is 16.2. The Morgan fingerprint density at radius 3 is 2.50 bits per heavy atom. The summed E-state index contributed by atoms with van der Waals surface area (Å²) in [5, 5.41) is 10.8. The summed E-state index contributed by atoms with van der Waals surface area (Å²) < 4.78 is 49.4. The molecule has 0 saturated heterocycles. The first-order chi connectivity index (χ1) is 9.19. The lowest BCUT2D eigenvalue weighted by molar-refractivity contribution is -0.384. The van der Waals surface area contributed by atoms with Gasteiger partial charge in [0.25, 0.3) is 12.1 Å². The van der Waals surface area contributed by atoms with Gasteiger partial charge in [-0.25, -0.2) is 21.9 Å². The van der Waals surface area contributed by atoms with Gasteiger partial charge in [-0.15, -0.1) is 0 Å². The maximum absolute atomic E-state index is 12.0. The summed E-state index contributed by atoms with van der Waals surface area (Å²) >= 11 is 0. The van der Waals surface area contributed by atoms with E-state index < -0.39 is 38.5 Å². The van der Waals surface area contributed by atoms with Crippen LogP contribution in [-0.2, 0) is 10.0 Å². The third-order valence-electron chi connectivity index (χ3n) is 2.36. The molecule has 20 heavy (non-hydrogen) atoms. The van der Waals surface area contributed by atoms with Crippen LogP contribution in [0.3, 0.4) is 0 Å². The molecule has 11 heteroatoms. The molecular weight excluding hydrogens is 298 g/mol. The lowest BCUT2D eigenvalue weighted by Crippen LogP contribution is -2.29. The predicted molar refractivity (Wildman–Crippen MR) is 66.8 cm³/mol. The molecule has 0 saturated carbocycles. The molecule has 0 atom stereocenters. The van der Waals surface area contributed by atoms with Crippen LogP contribution in [0.2, 0.25) is 0 Å². The maximum Gasteiger partial charge on any atom is 0.295 e. The SMILES string of the molecule is Cc1cc(NN)c([N+](=O)[O-])cc1S(=O)(=O)NCC(F)F. The number of hydrogen-bond donors (Lipinski definition) is 3. The Labute approximate surface area is 113 Å². The third kappa shape index (κ3) is 3.59. The van der Waals surface area contributed by atoms with E-state index in [1.807, 2.05) is 0 Å². The number of nitro groups is 1. The molecule has 0 unspecified atom stereocenters. The van der Waals surface area contributed by atoms with Crippen LogP contribution in [-0.4, -0.2) is 26.3 Å². The van der Waals surface area contributed by atoms with Crippen molar-refractivity contribution in [2.75, 3.05) is 12.0 Å². The zero-order valence-corrected chi connectivity index (χ0v) is 11.1. The Morgan fingerprint density at radius 1 is 1.45 bits per heavy atom. The van der Waals surface area contributed by atoms with Crippen LogP contribution in [0.4, 0.5) is 20.2 Å². The van der Waals surface area contributed by atoms with Crippen molar-refractivity contribution in [2.24, 2.45) is 5.84 Å². The monoisotopic (exact) mass is 310 g/mol. The molecule has 4 N–H and O–H groups in total. The van der Waals surface area contributed by atoms with E-state index in [0.29, 0.717) is 0 Å². The van der Waals surface area contributed by atoms with E-state index in [4.69, 9.17) is 5.84 Å². The van der Waals surface area contributed by atoms with E-state index in [1.165, 1.54) is 6.92 Å². The van der Waals surface area contributed by atoms with Crippen molar-refractivity contribution in [3.05, 3.63) is 27.8 Å². The number of nitrogen functional groups attached to an aromatic ring is 1. The fourth-order valence-corrected chi connectivity index (χ4v) is 2.73. The van der Waals surface area contributed by atoms with Gasteiger partial charge < -0.3 is 5.43 Å². The van der Waals surface area contributed by atoms with Crippen molar-refractivity contribution in [2.45, 2.75) is 18.2 Å². The highest BCUT2D eigenvalue weighted by Crippen LogP contribution is 2.29. The number of sulfonamides is 1. The molecule has 1 aromatic carbocycles. The van der Waals surface area contributed by atoms with Gasteiger partial charge in [-0.3, -0.25) is 16.0 Å². The molecule has 0 amide bonds. The second-order valence-corrected chi connectivity index (χ2v) is 5.51. The molecular formula is C9H12F2N4O4S. The zero-order chi connectivity index (χ0) is 15.5. The largest absolute Gasteiger partial charge is 0.318 e. The minimum absolute atomic E-state index is 0.0830. The lowest BCUT2D eigenvalue weighted by Gasteiger charge is -2.11. The van der Waals surface area contributed by atoms with Gasteiger partial charge >= 0.3 is 0 Å². The van der Waals surface area contributed by atoms with Gasteiger partial charge in [-0.2, -0.15) is 0 Å². The smallest absolute Gasteiger partial charge is 0.295 e. The zero-order valence-electron chi connectivity index (χ0n) is 10.3. The highest BCUT2D eigenvalue weighted by atomic mass is 32.2. The summed E-state index contributed by atoms with van der Waals surface area (Å²) in [7, 11) is -4.27. The fourth-order valence-electron chi connectivity index (χ4n) is 1.48. The van der Waals surface area contributed by atoms with Gasteiger partial charge in [-0.05, 0) is 18.6 Å². The molecule has 0 heterocycles. The maximum atomic E-state index is 12.0. The van der Waals surface area contributed by atoms with E-state index in [0.717, 1.165) is 12.1 Å². The van der Waals surface area contributed by atoms with Gasteiger partial charge in [-0.1, -0.05) is 0 Å². The summed E-state index contributed by atoms with van der Waals surface area (Å²) in [6.45, 7) is 0.286. The van der Waals surface area contributed by atoms with Crippen LogP contribution in [0.1, 0.15) is 5.56 Å². The van der Waals surface area contributed by atoms with Crippen LogP contribution in [0.25, 0.3) is 0 Å². The molecule has 0 aliphatic heterocycles. The van der Waals surface area contributed by atoms with Crippen molar-refractivity contribution in [1.82, 2.24) is 4.72 Å². The van der Waals surface area contributed by atoms with Gasteiger partial charge in [0.05, 0.1) is 16.4 Å². The number of hydrogen-bond acceptors (Lipinski definition) is 6. The predicted octanol–water partition coefficient (Wildman–Crippen LogP) is 0.732.